The second-order valence-electron chi connectivity index (χ2n) is 3.98. The van der Waals surface area contributed by atoms with E-state index >= 15 is 0 Å². The number of carbonyl (C=O) groups excluding carboxylic acids is 1. The van der Waals surface area contributed by atoms with Gasteiger partial charge in [0.2, 0.25) is 0 Å². The molecule has 5 nitrogen and oxygen atoms in total. The van der Waals surface area contributed by atoms with Crippen LogP contribution >= 0.6 is 11.8 Å². The highest BCUT2D eigenvalue weighted by molar-refractivity contribution is 7.99. The molecule has 17 heavy (non-hydrogen) atoms. The molecule has 1 aliphatic rings. The van der Waals surface area contributed by atoms with E-state index in [1.54, 1.807) is 18.0 Å². The van der Waals surface area contributed by atoms with Crippen LogP contribution in [0.5, 0.6) is 0 Å². The summed E-state index contributed by atoms with van der Waals surface area (Å²) in [5.74, 6) is 6.58. The minimum atomic E-state index is -0.393. The molecule has 6 heteroatoms. The van der Waals surface area contributed by atoms with Crippen molar-refractivity contribution in [2.24, 2.45) is 5.84 Å². The van der Waals surface area contributed by atoms with Crippen LogP contribution in [0.1, 0.15) is 18.6 Å². The molecular weight excluding hydrogens is 240 g/mol. The molecule has 1 aromatic rings. The Kier molecular flexibility index (Phi) is 4.09. The van der Waals surface area contributed by atoms with Crippen LogP contribution in [0.4, 0.5) is 0 Å². The van der Waals surface area contributed by atoms with Gasteiger partial charge in [-0.05, 0) is 25.8 Å². The molecule has 94 valence electrons. The fourth-order valence-corrected chi connectivity index (χ4v) is 2.83. The van der Waals surface area contributed by atoms with Crippen LogP contribution < -0.4 is 11.3 Å². The van der Waals surface area contributed by atoms with Gasteiger partial charge in [0.05, 0.1) is 12.4 Å². The van der Waals surface area contributed by atoms with Crippen LogP contribution in [0, 0.1) is 6.92 Å². The Morgan fingerprint density at radius 1 is 1.65 bits per heavy atom. The Bertz CT molecular complexity index is 394. The number of aryl methyl sites for hydroxylation is 1. The zero-order valence-corrected chi connectivity index (χ0v) is 10.5. The first-order valence-corrected chi connectivity index (χ1v) is 6.52. The number of ether oxygens (including phenoxy) is 1. The van der Waals surface area contributed by atoms with Crippen molar-refractivity contribution in [3.05, 3.63) is 18.1 Å². The fourth-order valence-electron chi connectivity index (χ4n) is 1.82. The number of hydrazine groups is 1. The highest BCUT2D eigenvalue weighted by Gasteiger charge is 2.30. The van der Waals surface area contributed by atoms with Crippen molar-refractivity contribution >= 4 is 17.7 Å². The van der Waals surface area contributed by atoms with Crippen LogP contribution in [-0.4, -0.2) is 23.9 Å². The highest BCUT2D eigenvalue weighted by atomic mass is 32.2. The summed E-state index contributed by atoms with van der Waals surface area (Å²) in [5, 5.41) is 0. The second kappa shape index (κ2) is 5.57. The zero-order chi connectivity index (χ0) is 12.3. The monoisotopic (exact) mass is 256 g/mol. The van der Waals surface area contributed by atoms with Gasteiger partial charge in [-0.2, -0.15) is 0 Å². The molecule has 1 aliphatic heterocycles. The predicted molar refractivity (Wildman–Crippen MR) is 64.4 cm³/mol. The van der Waals surface area contributed by atoms with E-state index in [-0.39, 0.29) is 12.0 Å². The lowest BCUT2D eigenvalue weighted by atomic mass is 10.2. The third-order valence-corrected chi connectivity index (χ3v) is 4.05. The molecule has 1 saturated heterocycles. The van der Waals surface area contributed by atoms with Crippen LogP contribution in [0.25, 0.3) is 0 Å². The molecule has 1 amide bonds. The van der Waals surface area contributed by atoms with Gasteiger partial charge in [-0.25, -0.2) is 5.84 Å². The molecule has 0 radical (unpaired) electrons. The molecule has 1 fully saturated rings. The smallest absolute Gasteiger partial charge is 0.263 e. The Labute approximate surface area is 104 Å². The summed E-state index contributed by atoms with van der Waals surface area (Å²) in [4.78, 5) is 12.4. The molecular formula is C11H16N2O3S. The number of hydrogen-bond acceptors (Lipinski definition) is 5. The van der Waals surface area contributed by atoms with Crippen molar-refractivity contribution in [1.82, 2.24) is 5.43 Å². The van der Waals surface area contributed by atoms with Gasteiger partial charge in [-0.1, -0.05) is 0 Å². The van der Waals surface area contributed by atoms with Crippen LogP contribution in [-0.2, 0) is 9.53 Å². The van der Waals surface area contributed by atoms with Crippen LogP contribution in [0.15, 0.2) is 21.6 Å². The molecule has 3 N–H and O–H groups in total. The average molecular weight is 256 g/mol. The summed E-state index contributed by atoms with van der Waals surface area (Å²) in [6.07, 6.45) is 3.02. The number of amides is 1. The Hall–Kier alpha value is -0.980. The quantitative estimate of drug-likeness (QED) is 0.366. The number of rotatable bonds is 4. The van der Waals surface area contributed by atoms with Crippen molar-refractivity contribution in [3.8, 4) is 0 Å². The predicted octanol–water partition coefficient (Wildman–Crippen LogP) is 1.22. The van der Waals surface area contributed by atoms with E-state index in [1.165, 1.54) is 0 Å². The van der Waals surface area contributed by atoms with E-state index in [0.29, 0.717) is 0 Å². The second-order valence-corrected chi connectivity index (χ2v) is 5.05. The molecule has 2 atom stereocenters. The van der Waals surface area contributed by atoms with E-state index in [2.05, 4.69) is 5.43 Å². The van der Waals surface area contributed by atoms with Crippen molar-refractivity contribution in [2.45, 2.75) is 36.9 Å². The summed E-state index contributed by atoms with van der Waals surface area (Å²) in [5.41, 5.74) is 2.12. The van der Waals surface area contributed by atoms with Crippen molar-refractivity contribution in [2.75, 3.05) is 5.75 Å². The summed E-state index contributed by atoms with van der Waals surface area (Å²) in [6.45, 7) is 1.93. The number of thioether (sulfide) groups is 1. The number of nitrogens with one attached hydrogen (secondary N) is 1. The molecule has 0 aromatic carbocycles. The minimum absolute atomic E-state index is 0.108. The van der Waals surface area contributed by atoms with Gasteiger partial charge in [-0.3, -0.25) is 10.2 Å². The van der Waals surface area contributed by atoms with Gasteiger partial charge in [0.15, 0.2) is 0 Å². The summed E-state index contributed by atoms with van der Waals surface area (Å²) in [7, 11) is 0. The normalized spacial score (nSPS) is 23.9. The third kappa shape index (κ3) is 3.02. The molecule has 0 bridgehead atoms. The van der Waals surface area contributed by atoms with Gasteiger partial charge in [0.1, 0.15) is 11.9 Å². The zero-order valence-electron chi connectivity index (χ0n) is 9.64. The Balaban J connectivity index is 1.79. The lowest BCUT2D eigenvalue weighted by Crippen LogP contribution is -2.39. The summed E-state index contributed by atoms with van der Waals surface area (Å²) >= 11 is 1.69. The fraction of sp³-hybridized carbons (Fsp3) is 0.545. The molecule has 2 unspecified atom stereocenters. The maximum Gasteiger partial charge on any atom is 0.263 e. The van der Waals surface area contributed by atoms with E-state index in [9.17, 15) is 4.79 Å². The first-order valence-electron chi connectivity index (χ1n) is 5.53. The highest BCUT2D eigenvalue weighted by Crippen LogP contribution is 2.28. The van der Waals surface area contributed by atoms with Crippen molar-refractivity contribution < 1.29 is 13.9 Å². The SMILES string of the molecule is Cc1occc1SCC1CCC(C(=O)NN)O1. The topological polar surface area (TPSA) is 77.5 Å². The minimum Gasteiger partial charge on any atom is -0.468 e. The standard InChI is InChI=1S/C11H16N2O3S/c1-7-10(4-5-15-7)17-6-8-2-3-9(16-8)11(14)13-12/h4-5,8-9H,2-3,6,12H2,1H3,(H,13,14). The first kappa shape index (κ1) is 12.5. The maximum atomic E-state index is 11.3. The number of nitrogens with two attached hydrogens (primary N) is 1. The van der Waals surface area contributed by atoms with Crippen LogP contribution in [0.2, 0.25) is 0 Å². The summed E-state index contributed by atoms with van der Waals surface area (Å²) in [6, 6.07) is 1.94. The third-order valence-electron chi connectivity index (χ3n) is 2.78. The van der Waals surface area contributed by atoms with Gasteiger partial charge in [-0.15, -0.1) is 11.8 Å². The molecule has 0 saturated carbocycles. The van der Waals surface area contributed by atoms with E-state index in [4.69, 9.17) is 15.0 Å². The molecule has 2 heterocycles. The van der Waals surface area contributed by atoms with E-state index in [0.717, 1.165) is 29.3 Å². The molecule has 1 aromatic heterocycles. The van der Waals surface area contributed by atoms with E-state index in [1.807, 2.05) is 13.0 Å². The lowest BCUT2D eigenvalue weighted by Gasteiger charge is -2.11. The first-order chi connectivity index (χ1) is 8.20. The van der Waals surface area contributed by atoms with Crippen LogP contribution in [0.3, 0.4) is 0 Å². The molecule has 0 spiro atoms. The van der Waals surface area contributed by atoms with Gasteiger partial charge in [0, 0.05) is 10.6 Å². The Morgan fingerprint density at radius 2 is 2.47 bits per heavy atom. The maximum absolute atomic E-state index is 11.3. The molecule has 0 aliphatic carbocycles. The van der Waals surface area contributed by atoms with Crippen molar-refractivity contribution in [1.29, 1.82) is 0 Å². The molecule has 2 rings (SSSR count). The van der Waals surface area contributed by atoms with Gasteiger partial charge >= 0.3 is 0 Å². The lowest BCUT2D eigenvalue weighted by molar-refractivity contribution is -0.131. The average Bonchev–Trinajstić information content (AvgIpc) is 2.94. The largest absolute Gasteiger partial charge is 0.468 e. The van der Waals surface area contributed by atoms with Gasteiger partial charge < -0.3 is 9.15 Å². The summed E-state index contributed by atoms with van der Waals surface area (Å²) < 4.78 is 10.8. The van der Waals surface area contributed by atoms with E-state index < -0.39 is 6.10 Å². The Morgan fingerprint density at radius 3 is 3.12 bits per heavy atom. The number of carbonyl (C=O) groups is 1. The number of furan rings is 1. The number of hydrogen-bond donors (Lipinski definition) is 2. The van der Waals surface area contributed by atoms with Crippen molar-refractivity contribution in [3.63, 3.8) is 0 Å². The van der Waals surface area contributed by atoms with Gasteiger partial charge in [0.25, 0.3) is 5.91 Å².